The lowest BCUT2D eigenvalue weighted by Crippen LogP contribution is -2.52. The summed E-state index contributed by atoms with van der Waals surface area (Å²) in [5.74, 6) is 0.192. The molecule has 0 saturated carbocycles. The maximum absolute atomic E-state index is 13.3. The zero-order chi connectivity index (χ0) is 20.3. The van der Waals surface area contributed by atoms with E-state index in [-0.39, 0.29) is 18.2 Å². The average Bonchev–Trinajstić information content (AvgIpc) is 3.02. The van der Waals surface area contributed by atoms with Gasteiger partial charge in [0.2, 0.25) is 10.0 Å². The van der Waals surface area contributed by atoms with Crippen molar-refractivity contribution in [2.45, 2.75) is 37.5 Å². The lowest BCUT2D eigenvalue weighted by atomic mass is 10.2. The van der Waals surface area contributed by atoms with Gasteiger partial charge in [0.05, 0.1) is 18.0 Å². The predicted molar refractivity (Wildman–Crippen MR) is 112 cm³/mol. The van der Waals surface area contributed by atoms with E-state index in [1.165, 1.54) is 4.31 Å². The third-order valence-electron chi connectivity index (χ3n) is 5.46. The number of nitrogens with zero attached hydrogens (tertiary/aromatic N) is 2. The Labute approximate surface area is 172 Å². The van der Waals surface area contributed by atoms with Gasteiger partial charge in [-0.2, -0.15) is 0 Å². The van der Waals surface area contributed by atoms with E-state index in [0.717, 1.165) is 25.7 Å². The molecule has 6 nitrogen and oxygen atoms in total. The highest BCUT2D eigenvalue weighted by Gasteiger charge is 2.38. The van der Waals surface area contributed by atoms with Gasteiger partial charge in [-0.25, -0.2) is 8.42 Å². The number of carbonyl (C=O) groups excluding carboxylic acids is 1. The second-order valence-electron chi connectivity index (χ2n) is 7.59. The molecular formula is C22H26N2O4S. The molecule has 2 aromatic carbocycles. The molecule has 0 N–H and O–H groups in total. The number of fused-ring (bicyclic) bond motifs is 1. The number of hydrogen-bond donors (Lipinski definition) is 0. The molecule has 1 saturated heterocycles. The molecule has 7 heteroatoms. The van der Waals surface area contributed by atoms with Crippen LogP contribution in [0.25, 0.3) is 0 Å². The molecule has 154 valence electrons. The first-order chi connectivity index (χ1) is 14.0. The van der Waals surface area contributed by atoms with Crippen LogP contribution in [-0.2, 0) is 20.6 Å². The fourth-order valence-corrected chi connectivity index (χ4v) is 5.53. The van der Waals surface area contributed by atoms with Crippen molar-refractivity contribution in [3.63, 3.8) is 0 Å². The lowest BCUT2D eigenvalue weighted by molar-refractivity contribution is -0.138. The van der Waals surface area contributed by atoms with E-state index in [9.17, 15) is 13.2 Å². The molecule has 0 aromatic heterocycles. The molecule has 0 spiro atoms. The quantitative estimate of drug-likeness (QED) is 0.771. The number of benzene rings is 2. The second kappa shape index (κ2) is 8.45. The third kappa shape index (κ3) is 4.40. The number of hydrogen-bond acceptors (Lipinski definition) is 4. The topological polar surface area (TPSA) is 66.9 Å². The van der Waals surface area contributed by atoms with Crippen LogP contribution in [0.1, 0.15) is 31.2 Å². The SMILES string of the molecule is O=C([C@H]1CN(S(=O)(=O)Cc2ccccc2)c2ccccc2O1)N1CCCCCC1. The van der Waals surface area contributed by atoms with E-state index in [1.807, 2.05) is 23.1 Å². The number of amides is 1. The minimum absolute atomic E-state index is 0.00150. The highest BCUT2D eigenvalue weighted by Crippen LogP contribution is 2.36. The molecule has 4 rings (SSSR count). The van der Waals surface area contributed by atoms with Crippen molar-refractivity contribution < 1.29 is 17.9 Å². The van der Waals surface area contributed by atoms with Gasteiger partial charge in [-0.05, 0) is 30.5 Å². The van der Waals surface area contributed by atoms with Crippen LogP contribution in [-0.4, -0.2) is 45.0 Å². The Hall–Kier alpha value is -2.54. The minimum Gasteiger partial charge on any atom is -0.476 e. The summed E-state index contributed by atoms with van der Waals surface area (Å²) < 4.78 is 33.8. The van der Waals surface area contributed by atoms with E-state index in [0.29, 0.717) is 30.1 Å². The minimum atomic E-state index is -3.67. The summed E-state index contributed by atoms with van der Waals surface area (Å²) in [4.78, 5) is 15.0. The number of likely N-dealkylation sites (tertiary alicyclic amines) is 1. The van der Waals surface area contributed by atoms with Crippen LogP contribution in [0.5, 0.6) is 5.75 Å². The first kappa shape index (κ1) is 19.8. The van der Waals surface area contributed by atoms with Crippen LogP contribution in [0.2, 0.25) is 0 Å². The Morgan fingerprint density at radius 2 is 1.59 bits per heavy atom. The van der Waals surface area contributed by atoms with Gasteiger partial charge >= 0.3 is 0 Å². The molecule has 2 heterocycles. The average molecular weight is 415 g/mol. The first-order valence-electron chi connectivity index (χ1n) is 10.1. The summed E-state index contributed by atoms with van der Waals surface area (Å²) in [5.41, 5.74) is 1.20. The Bertz CT molecular complexity index is 954. The van der Waals surface area contributed by atoms with Gasteiger partial charge in [-0.15, -0.1) is 0 Å². The van der Waals surface area contributed by atoms with E-state index >= 15 is 0 Å². The van der Waals surface area contributed by atoms with E-state index < -0.39 is 16.1 Å². The van der Waals surface area contributed by atoms with Gasteiger partial charge < -0.3 is 9.64 Å². The van der Waals surface area contributed by atoms with E-state index in [4.69, 9.17) is 4.74 Å². The van der Waals surface area contributed by atoms with Gasteiger partial charge in [0, 0.05) is 13.1 Å². The van der Waals surface area contributed by atoms with Crippen molar-refractivity contribution in [1.82, 2.24) is 4.90 Å². The molecule has 1 fully saturated rings. The molecule has 2 aromatic rings. The highest BCUT2D eigenvalue weighted by molar-refractivity contribution is 7.92. The second-order valence-corrected chi connectivity index (χ2v) is 9.48. The molecule has 0 aliphatic carbocycles. The molecular weight excluding hydrogens is 388 g/mol. The van der Waals surface area contributed by atoms with E-state index in [1.54, 1.807) is 36.4 Å². The van der Waals surface area contributed by atoms with Gasteiger partial charge in [0.1, 0.15) is 5.75 Å². The van der Waals surface area contributed by atoms with Crippen molar-refractivity contribution in [1.29, 1.82) is 0 Å². The fraction of sp³-hybridized carbons (Fsp3) is 0.409. The van der Waals surface area contributed by atoms with Crippen molar-refractivity contribution >= 4 is 21.6 Å². The standard InChI is InChI=1S/C22H26N2O4S/c25-22(23-14-8-1-2-9-15-23)21-16-24(19-12-6-7-13-20(19)28-21)29(26,27)17-18-10-4-3-5-11-18/h3-7,10-13,21H,1-2,8-9,14-17H2/t21-/m1/s1. The smallest absolute Gasteiger partial charge is 0.265 e. The molecule has 29 heavy (non-hydrogen) atoms. The Morgan fingerprint density at radius 3 is 2.31 bits per heavy atom. The molecule has 2 aliphatic rings. The maximum Gasteiger partial charge on any atom is 0.265 e. The van der Waals surface area contributed by atoms with Crippen LogP contribution in [0.3, 0.4) is 0 Å². The zero-order valence-electron chi connectivity index (χ0n) is 16.4. The highest BCUT2D eigenvalue weighted by atomic mass is 32.2. The summed E-state index contributed by atoms with van der Waals surface area (Å²) in [6, 6.07) is 16.1. The summed E-state index contributed by atoms with van der Waals surface area (Å²) in [7, 11) is -3.67. The monoisotopic (exact) mass is 414 g/mol. The molecule has 2 aliphatic heterocycles. The lowest BCUT2D eigenvalue weighted by Gasteiger charge is -2.36. The van der Waals surface area contributed by atoms with Crippen LogP contribution < -0.4 is 9.04 Å². The van der Waals surface area contributed by atoms with Gasteiger partial charge in [0.25, 0.3) is 5.91 Å². The summed E-state index contributed by atoms with van der Waals surface area (Å²) in [6.45, 7) is 1.41. The van der Waals surface area contributed by atoms with Gasteiger partial charge in [-0.1, -0.05) is 55.3 Å². The van der Waals surface area contributed by atoms with Crippen molar-refractivity contribution in [3.8, 4) is 5.75 Å². The third-order valence-corrected chi connectivity index (χ3v) is 7.17. The zero-order valence-corrected chi connectivity index (χ0v) is 17.2. The Kier molecular flexibility index (Phi) is 5.76. The molecule has 1 atom stereocenters. The number of anilines is 1. The maximum atomic E-state index is 13.3. The summed E-state index contributed by atoms with van der Waals surface area (Å²) in [6.07, 6.45) is 3.37. The van der Waals surface area contributed by atoms with Crippen LogP contribution in [0.15, 0.2) is 54.6 Å². The number of rotatable bonds is 4. The molecule has 0 bridgehead atoms. The van der Waals surface area contributed by atoms with Crippen molar-refractivity contribution in [3.05, 3.63) is 60.2 Å². The number of sulfonamides is 1. The van der Waals surface area contributed by atoms with Crippen LogP contribution in [0.4, 0.5) is 5.69 Å². The number of para-hydroxylation sites is 2. The normalized spacial score (nSPS) is 19.8. The van der Waals surface area contributed by atoms with Crippen LogP contribution >= 0.6 is 0 Å². The van der Waals surface area contributed by atoms with Crippen molar-refractivity contribution in [2.24, 2.45) is 0 Å². The van der Waals surface area contributed by atoms with Crippen LogP contribution in [0, 0.1) is 0 Å². The molecule has 0 radical (unpaired) electrons. The number of carbonyl (C=O) groups is 1. The molecule has 1 amide bonds. The molecule has 0 unspecified atom stereocenters. The summed E-state index contributed by atoms with van der Waals surface area (Å²) in [5, 5.41) is 0. The predicted octanol–water partition coefficient (Wildman–Crippen LogP) is 3.19. The first-order valence-corrected chi connectivity index (χ1v) is 11.7. The van der Waals surface area contributed by atoms with E-state index in [2.05, 4.69) is 0 Å². The number of ether oxygens (including phenoxy) is 1. The Balaban J connectivity index is 1.61. The summed E-state index contributed by atoms with van der Waals surface area (Å²) >= 11 is 0. The Morgan fingerprint density at radius 1 is 0.931 bits per heavy atom. The van der Waals surface area contributed by atoms with Crippen molar-refractivity contribution in [2.75, 3.05) is 23.9 Å². The largest absolute Gasteiger partial charge is 0.476 e. The van der Waals surface area contributed by atoms with Gasteiger partial charge in [0.15, 0.2) is 6.10 Å². The van der Waals surface area contributed by atoms with Gasteiger partial charge in [-0.3, -0.25) is 9.10 Å². The fourth-order valence-electron chi connectivity index (χ4n) is 3.95.